The Hall–Kier alpha value is -7.17. The van der Waals surface area contributed by atoms with Crippen LogP contribution in [0.15, 0.2) is 85.3 Å². The van der Waals surface area contributed by atoms with E-state index in [1.165, 1.54) is 11.8 Å². The van der Waals surface area contributed by atoms with Gasteiger partial charge in [0.25, 0.3) is 5.91 Å². The second-order valence-corrected chi connectivity index (χ2v) is 21.6. The minimum Gasteiger partial charge on any atom is -0.444 e. The maximum atomic E-state index is 13.7. The number of aliphatic hydroxyl groups excluding tert-OH is 8. The number of hydrogen-bond acceptors (Lipinski definition) is 21. The summed E-state index contributed by atoms with van der Waals surface area (Å²) < 4.78 is 16.4. The Bertz CT molecular complexity index is 2870. The highest BCUT2D eigenvalue weighted by Crippen LogP contribution is 2.42. The molecule has 4 aromatic rings. The van der Waals surface area contributed by atoms with Crippen molar-refractivity contribution in [3.05, 3.63) is 113 Å². The number of ketones is 3. The van der Waals surface area contributed by atoms with E-state index in [4.69, 9.17) is 19.9 Å². The molecular formula is C57H73N7O18. The predicted octanol–water partition coefficient (Wildman–Crippen LogP) is 0.334. The Balaban J connectivity index is 1.01. The third-order valence-corrected chi connectivity index (χ3v) is 14.5. The van der Waals surface area contributed by atoms with E-state index in [0.717, 1.165) is 11.1 Å². The normalized spacial score (nSPS) is 21.0. The van der Waals surface area contributed by atoms with Gasteiger partial charge in [-0.1, -0.05) is 58.0 Å². The molecule has 13 N–H and O–H groups in total. The Morgan fingerprint density at radius 2 is 1.50 bits per heavy atom. The first-order valence-electron chi connectivity index (χ1n) is 26.7. The van der Waals surface area contributed by atoms with E-state index in [2.05, 4.69) is 25.9 Å². The molecule has 0 spiro atoms. The van der Waals surface area contributed by atoms with Crippen LogP contribution in [0.25, 0.3) is 0 Å². The van der Waals surface area contributed by atoms with E-state index in [9.17, 15) is 74.4 Å². The Morgan fingerprint density at radius 3 is 2.15 bits per heavy atom. The van der Waals surface area contributed by atoms with Crippen LogP contribution in [0, 0.1) is 17.8 Å². The summed E-state index contributed by atoms with van der Waals surface area (Å²) in [6.45, 7) is 7.05. The summed E-state index contributed by atoms with van der Waals surface area (Å²) in [7, 11) is 0. The lowest BCUT2D eigenvalue weighted by atomic mass is 9.86. The molecule has 1 fully saturated rings. The standard InChI is InChI=1S/C57H73N7O18/c1-29(2)37(23-42(69)46(72)49(75)51(43(70)25-65)82-55-50(76)48(74)47(73)44(26-66)81-55)54(78)62-30(3)40(67)20-34(21-45(58)71)41(68)19-31-8-10-33(11-9-31)27-80-56(79)64-28-57(4,5)38-13-12-35(22-39(38)64)63-53(77)36-7-6-16-60-52(36)61-24-32-14-17-59-18-15-32/h6-18,22,29-30,34,37,43-44,46-51,55,65-66,70,72-76H,19-21,23-28H2,1-5H3,(H2,58,71)(H,60,61)(H,62,78)(H,63,77)/t30?,34?,37?,43-,44-,46+,47+,48+,49+,50-,51+,55+/m1/s1. The maximum absolute atomic E-state index is 13.7. The van der Waals surface area contributed by atoms with Crippen molar-refractivity contribution in [1.29, 1.82) is 0 Å². The predicted molar refractivity (Wildman–Crippen MR) is 292 cm³/mol. The molecule has 4 amide bonds. The van der Waals surface area contributed by atoms with Crippen LogP contribution in [0.5, 0.6) is 0 Å². The number of primary amides is 1. The minimum absolute atomic E-state index is 0.137. The average molecular weight is 1140 g/mol. The summed E-state index contributed by atoms with van der Waals surface area (Å²) in [5.74, 6) is -7.06. The topological polar surface area (TPSA) is 400 Å². The fourth-order valence-electron chi connectivity index (χ4n) is 9.61. The Morgan fingerprint density at radius 1 is 0.817 bits per heavy atom. The van der Waals surface area contributed by atoms with E-state index in [1.807, 2.05) is 32.0 Å². The van der Waals surface area contributed by atoms with Crippen molar-refractivity contribution in [3.63, 3.8) is 0 Å². The number of nitrogens with zero attached hydrogens (tertiary/aromatic N) is 3. The zero-order valence-electron chi connectivity index (χ0n) is 46.0. The number of hydrogen-bond donors (Lipinski definition) is 12. The monoisotopic (exact) mass is 1140 g/mol. The van der Waals surface area contributed by atoms with Crippen LogP contribution in [0.3, 0.4) is 0 Å². The van der Waals surface area contributed by atoms with Crippen LogP contribution in [0.1, 0.15) is 86.5 Å². The van der Waals surface area contributed by atoms with E-state index in [0.29, 0.717) is 47.0 Å². The Labute approximate surface area is 472 Å². The number of fused-ring (bicyclic) bond motifs is 1. The number of benzene rings is 2. The molecule has 6 rings (SSSR count). The molecule has 2 aromatic heterocycles. The van der Waals surface area contributed by atoms with Crippen molar-refractivity contribution < 1.29 is 88.6 Å². The van der Waals surface area contributed by atoms with E-state index < -0.39 is 158 Å². The smallest absolute Gasteiger partial charge is 0.414 e. The summed E-state index contributed by atoms with van der Waals surface area (Å²) >= 11 is 0. The average Bonchev–Trinajstić information content (AvgIpc) is 3.72. The molecule has 0 aliphatic carbocycles. The van der Waals surface area contributed by atoms with Crippen molar-refractivity contribution in [2.45, 2.75) is 140 Å². The van der Waals surface area contributed by atoms with Crippen molar-refractivity contribution in [2.75, 3.05) is 35.3 Å². The van der Waals surface area contributed by atoms with Crippen LogP contribution in [-0.2, 0) is 63.2 Å². The zero-order chi connectivity index (χ0) is 60.2. The molecule has 4 heterocycles. The second-order valence-electron chi connectivity index (χ2n) is 21.6. The summed E-state index contributed by atoms with van der Waals surface area (Å²) in [5, 5.41) is 90.8. The highest BCUT2D eigenvalue weighted by atomic mass is 16.7. The maximum Gasteiger partial charge on any atom is 0.414 e. The second kappa shape index (κ2) is 28.7. The minimum atomic E-state index is -2.38. The van der Waals surface area contributed by atoms with Gasteiger partial charge in [-0.3, -0.25) is 38.7 Å². The lowest BCUT2D eigenvalue weighted by Gasteiger charge is -2.42. The molecule has 0 radical (unpaired) electrons. The van der Waals surface area contributed by atoms with Crippen molar-refractivity contribution in [1.82, 2.24) is 15.3 Å². The van der Waals surface area contributed by atoms with Gasteiger partial charge >= 0.3 is 6.09 Å². The lowest BCUT2D eigenvalue weighted by molar-refractivity contribution is -0.326. The van der Waals surface area contributed by atoms with Gasteiger partial charge in [-0.15, -0.1) is 0 Å². The first kappa shape index (κ1) is 64.0. The van der Waals surface area contributed by atoms with Gasteiger partial charge in [0.15, 0.2) is 17.9 Å². The van der Waals surface area contributed by atoms with Crippen molar-refractivity contribution in [2.24, 2.45) is 23.5 Å². The summed E-state index contributed by atoms with van der Waals surface area (Å²) in [5.41, 5.74) is 9.27. The van der Waals surface area contributed by atoms with Crippen LogP contribution in [0.2, 0.25) is 0 Å². The van der Waals surface area contributed by atoms with Gasteiger partial charge in [-0.2, -0.15) is 0 Å². The van der Waals surface area contributed by atoms with Crippen LogP contribution in [-0.4, -0.2) is 173 Å². The van der Waals surface area contributed by atoms with Crippen LogP contribution >= 0.6 is 0 Å². The molecule has 0 saturated carbocycles. The largest absolute Gasteiger partial charge is 0.444 e. The number of ether oxygens (including phenoxy) is 3. The third kappa shape index (κ3) is 16.3. The van der Waals surface area contributed by atoms with Gasteiger partial charge in [-0.25, -0.2) is 9.78 Å². The fraction of sp³-hybridized carbons (Fsp3) is 0.491. The molecule has 3 unspecified atom stereocenters. The molecule has 25 heteroatoms. The molecule has 82 heavy (non-hydrogen) atoms. The first-order chi connectivity index (χ1) is 38.8. The van der Waals surface area contributed by atoms with Gasteiger partial charge in [0, 0.05) is 80.3 Å². The molecule has 1 saturated heterocycles. The van der Waals surface area contributed by atoms with E-state index in [1.54, 1.807) is 81.0 Å². The summed E-state index contributed by atoms with van der Waals surface area (Å²) in [4.78, 5) is 104. The molecule has 12 atom stereocenters. The number of Topliss-reactive ketones (excluding diaryl/α,β-unsaturated/α-hetero) is 3. The van der Waals surface area contributed by atoms with Crippen LogP contribution < -0.4 is 26.6 Å². The number of carbonyl (C=O) groups is 7. The van der Waals surface area contributed by atoms with Crippen molar-refractivity contribution in [3.8, 4) is 0 Å². The van der Waals surface area contributed by atoms with Crippen molar-refractivity contribution >= 4 is 58.4 Å². The zero-order valence-corrected chi connectivity index (χ0v) is 46.0. The molecular weight excluding hydrogens is 1070 g/mol. The number of rotatable bonds is 28. The number of aliphatic hydroxyl groups is 8. The van der Waals surface area contributed by atoms with Gasteiger partial charge in [0.1, 0.15) is 67.0 Å². The van der Waals surface area contributed by atoms with Gasteiger partial charge < -0.3 is 76.7 Å². The third-order valence-electron chi connectivity index (χ3n) is 14.5. The quantitative estimate of drug-likeness (QED) is 0.0365. The number of pyridine rings is 2. The number of amides is 4. The lowest BCUT2D eigenvalue weighted by Crippen LogP contribution is -2.61. The number of nitrogens with two attached hydrogens (primary N) is 1. The summed E-state index contributed by atoms with van der Waals surface area (Å²) in [6.07, 6.45) is -15.6. The molecule has 2 aliphatic heterocycles. The van der Waals surface area contributed by atoms with Gasteiger partial charge in [0.2, 0.25) is 11.8 Å². The highest BCUT2D eigenvalue weighted by molar-refractivity contribution is 6.08. The SMILES string of the molecule is CC(NC(=O)C(CC(=O)[C@H](O)[C@H](O)[C@@H](O[C@@H]1O[C@H](CO)[C@H](O)[C@H](O)[C@H]1O)[C@H](O)CO)C(C)C)C(=O)CC(CC(N)=O)C(=O)Cc1ccc(COC(=O)N2CC(C)(C)c3ccc(NC(=O)c4cccnc4NCc4ccncc4)cc32)cc1. The number of carbonyl (C=O) groups excluding carboxylic acids is 7. The number of aromatic nitrogens is 2. The number of nitrogens with one attached hydrogen (secondary N) is 3. The first-order valence-corrected chi connectivity index (χ1v) is 26.7. The van der Waals surface area contributed by atoms with E-state index in [-0.39, 0.29) is 13.0 Å². The number of anilines is 3. The molecule has 25 nitrogen and oxygen atoms in total. The highest BCUT2D eigenvalue weighted by Gasteiger charge is 2.48. The molecule has 2 aromatic carbocycles. The van der Waals surface area contributed by atoms with Gasteiger partial charge in [0.05, 0.1) is 30.5 Å². The molecule has 444 valence electrons. The van der Waals surface area contributed by atoms with Gasteiger partial charge in [-0.05, 0) is 71.5 Å². The molecule has 2 aliphatic rings. The fourth-order valence-corrected chi connectivity index (χ4v) is 9.61. The molecule has 0 bridgehead atoms. The Kier molecular flexibility index (Phi) is 22.4. The summed E-state index contributed by atoms with van der Waals surface area (Å²) in [6, 6.07) is 17.7. The van der Waals surface area contributed by atoms with E-state index >= 15 is 0 Å². The van der Waals surface area contributed by atoms with Crippen LogP contribution in [0.4, 0.5) is 22.0 Å².